The van der Waals surface area contributed by atoms with Crippen LogP contribution in [0, 0.1) is 17.8 Å². The molecule has 2 rings (SSSR count). The molecule has 2 saturated carbocycles. The van der Waals surface area contributed by atoms with E-state index in [1.165, 1.54) is 6.42 Å². The highest BCUT2D eigenvalue weighted by atomic mass is 32.2. The highest BCUT2D eigenvalue weighted by molar-refractivity contribution is 7.85. The van der Waals surface area contributed by atoms with Crippen molar-refractivity contribution in [2.75, 3.05) is 5.94 Å². The summed E-state index contributed by atoms with van der Waals surface area (Å²) in [7, 11) is -4.20. The minimum atomic E-state index is -4.20. The Kier molecular flexibility index (Phi) is 2.72. The molecule has 0 aliphatic heterocycles. The number of carbonyl (C=O) groups is 1. The van der Waals surface area contributed by atoms with E-state index in [2.05, 4.69) is 4.74 Å². The zero-order chi connectivity index (χ0) is 11.1. The maximum absolute atomic E-state index is 11.5. The minimum Gasteiger partial charge on any atom is -0.446 e. The average molecular weight is 234 g/mol. The summed E-state index contributed by atoms with van der Waals surface area (Å²) in [5.74, 6) is -0.563. The number of hydrogen-bond acceptors (Lipinski definition) is 4. The molecule has 0 aromatic heterocycles. The summed E-state index contributed by atoms with van der Waals surface area (Å²) in [4.78, 5) is 11.5. The fourth-order valence-corrected chi connectivity index (χ4v) is 3.04. The molecule has 0 saturated heterocycles. The van der Waals surface area contributed by atoms with E-state index < -0.39 is 22.0 Å². The summed E-state index contributed by atoms with van der Waals surface area (Å²) in [6, 6.07) is 0. The van der Waals surface area contributed by atoms with E-state index in [1.807, 2.05) is 0 Å². The third-order valence-corrected chi connectivity index (χ3v) is 3.81. The lowest BCUT2D eigenvalue weighted by molar-refractivity contribution is -0.148. The standard InChI is InChI=1S/C9H14O5S/c10-9(14-5-15(11,12)13)8-4-6-1-2-7(8)3-6/h6-8H,1-5H2,(H,11,12,13). The molecular formula is C9H14O5S. The van der Waals surface area contributed by atoms with Gasteiger partial charge >= 0.3 is 16.1 Å². The molecule has 3 atom stereocenters. The Bertz CT molecular complexity index is 361. The molecule has 0 aromatic carbocycles. The van der Waals surface area contributed by atoms with E-state index in [4.69, 9.17) is 4.55 Å². The lowest BCUT2D eigenvalue weighted by atomic mass is 9.89. The Hall–Kier alpha value is -0.620. The van der Waals surface area contributed by atoms with Gasteiger partial charge in [0.1, 0.15) is 0 Å². The molecule has 3 unspecified atom stereocenters. The second-order valence-electron chi connectivity index (χ2n) is 4.44. The topological polar surface area (TPSA) is 80.7 Å². The van der Waals surface area contributed by atoms with E-state index in [0.29, 0.717) is 11.8 Å². The normalized spacial score (nSPS) is 34.3. The smallest absolute Gasteiger partial charge is 0.310 e. The summed E-state index contributed by atoms with van der Waals surface area (Å²) >= 11 is 0. The Balaban J connectivity index is 1.87. The van der Waals surface area contributed by atoms with Gasteiger partial charge in [-0.25, -0.2) is 0 Å². The monoisotopic (exact) mass is 234 g/mol. The molecule has 6 heteroatoms. The van der Waals surface area contributed by atoms with Crippen LogP contribution in [0.25, 0.3) is 0 Å². The van der Waals surface area contributed by atoms with Crippen LogP contribution in [0.3, 0.4) is 0 Å². The van der Waals surface area contributed by atoms with Gasteiger partial charge in [-0.3, -0.25) is 9.35 Å². The second kappa shape index (κ2) is 3.75. The lowest BCUT2D eigenvalue weighted by Crippen LogP contribution is -2.25. The van der Waals surface area contributed by atoms with Crippen molar-refractivity contribution in [1.82, 2.24) is 0 Å². The predicted octanol–water partition coefficient (Wildman–Crippen LogP) is 0.811. The molecule has 1 N–H and O–H groups in total. The lowest BCUT2D eigenvalue weighted by Gasteiger charge is -2.19. The van der Waals surface area contributed by atoms with Gasteiger partial charge in [0.25, 0.3) is 0 Å². The minimum absolute atomic E-state index is 0.148. The molecule has 0 heterocycles. The molecule has 15 heavy (non-hydrogen) atoms. The van der Waals surface area contributed by atoms with Crippen molar-refractivity contribution in [2.45, 2.75) is 25.7 Å². The number of rotatable bonds is 3. The Morgan fingerprint density at radius 2 is 2.07 bits per heavy atom. The van der Waals surface area contributed by atoms with Crippen LogP contribution in [-0.2, 0) is 19.6 Å². The van der Waals surface area contributed by atoms with Gasteiger partial charge in [-0.05, 0) is 31.1 Å². The molecule has 2 aliphatic rings. The van der Waals surface area contributed by atoms with Crippen LogP contribution in [0.4, 0.5) is 0 Å². The van der Waals surface area contributed by atoms with E-state index in [0.717, 1.165) is 19.3 Å². The number of esters is 1. The van der Waals surface area contributed by atoms with Gasteiger partial charge in [-0.2, -0.15) is 8.42 Å². The number of carbonyl (C=O) groups excluding carboxylic acids is 1. The Labute approximate surface area is 88.6 Å². The van der Waals surface area contributed by atoms with Crippen molar-refractivity contribution in [3.63, 3.8) is 0 Å². The third kappa shape index (κ3) is 2.49. The van der Waals surface area contributed by atoms with Crippen LogP contribution >= 0.6 is 0 Å². The summed E-state index contributed by atoms with van der Waals surface area (Å²) in [5.41, 5.74) is 0. The maximum atomic E-state index is 11.5. The van der Waals surface area contributed by atoms with Crippen molar-refractivity contribution < 1.29 is 22.5 Å². The van der Waals surface area contributed by atoms with Gasteiger partial charge in [0.2, 0.25) is 5.94 Å². The van der Waals surface area contributed by atoms with Gasteiger partial charge in [0.15, 0.2) is 0 Å². The van der Waals surface area contributed by atoms with Gasteiger partial charge in [-0.1, -0.05) is 6.42 Å². The largest absolute Gasteiger partial charge is 0.446 e. The van der Waals surface area contributed by atoms with Crippen molar-refractivity contribution in [3.05, 3.63) is 0 Å². The van der Waals surface area contributed by atoms with Crippen LogP contribution < -0.4 is 0 Å². The van der Waals surface area contributed by atoms with Gasteiger partial charge in [-0.15, -0.1) is 0 Å². The average Bonchev–Trinajstić information content (AvgIpc) is 2.73. The Morgan fingerprint density at radius 3 is 2.53 bits per heavy atom. The van der Waals surface area contributed by atoms with Crippen molar-refractivity contribution in [2.24, 2.45) is 17.8 Å². The molecule has 5 nitrogen and oxygen atoms in total. The van der Waals surface area contributed by atoms with Crippen LogP contribution in [0.5, 0.6) is 0 Å². The molecule has 86 valence electrons. The Morgan fingerprint density at radius 1 is 1.33 bits per heavy atom. The van der Waals surface area contributed by atoms with E-state index in [1.54, 1.807) is 0 Å². The molecule has 2 bridgehead atoms. The zero-order valence-electron chi connectivity index (χ0n) is 8.26. The van der Waals surface area contributed by atoms with E-state index >= 15 is 0 Å². The van der Waals surface area contributed by atoms with Gasteiger partial charge in [0.05, 0.1) is 5.92 Å². The van der Waals surface area contributed by atoms with Crippen LogP contribution in [0.15, 0.2) is 0 Å². The first-order chi connectivity index (χ1) is 6.96. The first-order valence-electron chi connectivity index (χ1n) is 5.07. The molecule has 2 fully saturated rings. The quantitative estimate of drug-likeness (QED) is 0.577. The summed E-state index contributed by atoms with van der Waals surface area (Å²) in [6.07, 6.45) is 4.09. The van der Waals surface area contributed by atoms with Crippen molar-refractivity contribution >= 4 is 16.1 Å². The third-order valence-electron chi connectivity index (χ3n) is 3.39. The van der Waals surface area contributed by atoms with Crippen molar-refractivity contribution in [3.8, 4) is 0 Å². The first kappa shape index (κ1) is 10.9. The highest BCUT2D eigenvalue weighted by Gasteiger charge is 2.44. The summed E-state index contributed by atoms with van der Waals surface area (Å²) in [6.45, 7) is 0. The zero-order valence-corrected chi connectivity index (χ0v) is 9.07. The predicted molar refractivity (Wildman–Crippen MR) is 51.4 cm³/mol. The van der Waals surface area contributed by atoms with Crippen LogP contribution in [0.2, 0.25) is 0 Å². The number of hydrogen-bond donors (Lipinski definition) is 1. The van der Waals surface area contributed by atoms with E-state index in [9.17, 15) is 13.2 Å². The van der Waals surface area contributed by atoms with Gasteiger partial charge < -0.3 is 4.74 Å². The molecule has 0 radical (unpaired) electrons. The first-order valence-corrected chi connectivity index (χ1v) is 6.68. The van der Waals surface area contributed by atoms with E-state index in [-0.39, 0.29) is 5.92 Å². The van der Waals surface area contributed by atoms with Crippen LogP contribution in [0.1, 0.15) is 25.7 Å². The fourth-order valence-electron chi connectivity index (χ4n) is 2.77. The SMILES string of the molecule is O=C(OCS(=O)(=O)O)C1CC2CCC1C2. The maximum Gasteiger partial charge on any atom is 0.310 e. The summed E-state index contributed by atoms with van der Waals surface area (Å²) < 4.78 is 33.8. The molecule has 2 aliphatic carbocycles. The molecule has 0 spiro atoms. The number of ether oxygens (including phenoxy) is 1. The number of fused-ring (bicyclic) bond motifs is 2. The van der Waals surface area contributed by atoms with Crippen LogP contribution in [-0.4, -0.2) is 24.9 Å². The highest BCUT2D eigenvalue weighted by Crippen LogP contribution is 2.48. The van der Waals surface area contributed by atoms with Crippen molar-refractivity contribution in [1.29, 1.82) is 0 Å². The molecule has 0 amide bonds. The summed E-state index contributed by atoms with van der Waals surface area (Å²) in [5, 5.41) is 0. The fraction of sp³-hybridized carbons (Fsp3) is 0.889. The molecule has 0 aromatic rings. The van der Waals surface area contributed by atoms with Gasteiger partial charge in [0, 0.05) is 0 Å². The molecular weight excluding hydrogens is 220 g/mol. The second-order valence-corrected chi connectivity index (χ2v) is 5.84.